The number of nitrogens with one attached hydrogen (secondary N) is 2. The fourth-order valence-corrected chi connectivity index (χ4v) is 1.97. The molecule has 2 aromatic heterocycles. The summed E-state index contributed by atoms with van der Waals surface area (Å²) >= 11 is 0. The van der Waals surface area contributed by atoms with Gasteiger partial charge in [0.15, 0.2) is 6.29 Å². The van der Waals surface area contributed by atoms with Gasteiger partial charge in [0.25, 0.3) is 0 Å². The number of benzene rings is 1. The van der Waals surface area contributed by atoms with E-state index in [2.05, 4.69) is 35.1 Å². The van der Waals surface area contributed by atoms with Crippen LogP contribution in [0.3, 0.4) is 0 Å². The lowest BCUT2D eigenvalue weighted by Gasteiger charge is -1.92. The van der Waals surface area contributed by atoms with Crippen LogP contribution in [0.2, 0.25) is 0 Å². The Labute approximate surface area is 86.1 Å². The Morgan fingerprint density at radius 2 is 2.00 bits per heavy atom. The molecule has 3 nitrogen and oxygen atoms in total. The van der Waals surface area contributed by atoms with Crippen molar-refractivity contribution in [1.29, 1.82) is 0 Å². The minimum Gasteiger partial charge on any atom is -0.341 e. The lowest BCUT2D eigenvalue weighted by atomic mass is 10.1. The summed E-state index contributed by atoms with van der Waals surface area (Å²) < 4.78 is 0. The molecule has 0 unspecified atom stereocenters. The molecule has 0 atom stereocenters. The number of rotatable bonds is 1. The summed E-state index contributed by atoms with van der Waals surface area (Å²) in [7, 11) is 0. The quantitative estimate of drug-likeness (QED) is 0.580. The second-order valence-corrected chi connectivity index (χ2v) is 3.81. The Balaban J connectivity index is 2.47. The van der Waals surface area contributed by atoms with Gasteiger partial charge in [-0.1, -0.05) is 11.6 Å². The Kier molecular flexibility index (Phi) is 1.51. The average molecular weight is 198 g/mol. The van der Waals surface area contributed by atoms with E-state index in [1.807, 2.05) is 6.07 Å². The molecule has 0 saturated carbocycles. The molecule has 2 heterocycles. The van der Waals surface area contributed by atoms with Crippen LogP contribution < -0.4 is 0 Å². The van der Waals surface area contributed by atoms with Crippen molar-refractivity contribution in [1.82, 2.24) is 9.97 Å². The Hall–Kier alpha value is -2.03. The van der Waals surface area contributed by atoms with Gasteiger partial charge in [0.1, 0.15) is 5.65 Å². The Morgan fingerprint density at radius 3 is 2.80 bits per heavy atom. The van der Waals surface area contributed by atoms with Gasteiger partial charge in [-0.25, -0.2) is 0 Å². The molecule has 0 aliphatic rings. The predicted octanol–water partition coefficient (Wildman–Crippen LogP) is 2.77. The number of H-pyrrole nitrogens is 2. The average Bonchev–Trinajstić information content (AvgIpc) is 2.75. The van der Waals surface area contributed by atoms with Crippen molar-refractivity contribution in [3.05, 3.63) is 35.5 Å². The molecular weight excluding hydrogens is 188 g/mol. The highest BCUT2D eigenvalue weighted by molar-refractivity contribution is 6.08. The van der Waals surface area contributed by atoms with Crippen molar-refractivity contribution in [3.63, 3.8) is 0 Å². The van der Waals surface area contributed by atoms with Crippen molar-refractivity contribution in [2.24, 2.45) is 0 Å². The first kappa shape index (κ1) is 8.29. The number of carbonyl (C=O) groups excluding carboxylic acids is 1. The fraction of sp³-hybridized carbons (Fsp3) is 0.0833. The molecule has 3 heteroatoms. The first-order chi connectivity index (χ1) is 7.28. The SMILES string of the molecule is Cc1ccc2[nH]c3[nH]c(C=O)cc3c2c1. The van der Waals surface area contributed by atoms with Crippen LogP contribution in [-0.4, -0.2) is 16.3 Å². The number of aromatic amines is 2. The smallest absolute Gasteiger partial charge is 0.166 e. The molecule has 0 bridgehead atoms. The second-order valence-electron chi connectivity index (χ2n) is 3.81. The molecule has 3 rings (SSSR count). The number of hydrogen-bond donors (Lipinski definition) is 2. The number of aryl methyl sites for hydroxylation is 1. The summed E-state index contributed by atoms with van der Waals surface area (Å²) in [5.74, 6) is 0. The summed E-state index contributed by atoms with van der Waals surface area (Å²) in [6.07, 6.45) is 0.829. The first-order valence-corrected chi connectivity index (χ1v) is 4.84. The molecule has 0 radical (unpaired) electrons. The molecule has 0 aliphatic heterocycles. The summed E-state index contributed by atoms with van der Waals surface area (Å²) in [4.78, 5) is 16.9. The van der Waals surface area contributed by atoms with E-state index in [1.54, 1.807) is 0 Å². The largest absolute Gasteiger partial charge is 0.341 e. The third-order valence-electron chi connectivity index (χ3n) is 2.69. The predicted molar refractivity (Wildman–Crippen MR) is 60.3 cm³/mol. The molecule has 0 spiro atoms. The number of carbonyl (C=O) groups is 1. The maximum Gasteiger partial charge on any atom is 0.166 e. The topological polar surface area (TPSA) is 48.6 Å². The third kappa shape index (κ3) is 1.09. The highest BCUT2D eigenvalue weighted by atomic mass is 16.1. The van der Waals surface area contributed by atoms with Gasteiger partial charge in [-0.2, -0.15) is 0 Å². The van der Waals surface area contributed by atoms with E-state index in [9.17, 15) is 4.79 Å². The minimum absolute atomic E-state index is 0.611. The molecule has 0 aliphatic carbocycles. The van der Waals surface area contributed by atoms with E-state index in [0.717, 1.165) is 28.2 Å². The van der Waals surface area contributed by atoms with Crippen LogP contribution in [0, 0.1) is 6.92 Å². The van der Waals surface area contributed by atoms with E-state index in [-0.39, 0.29) is 0 Å². The zero-order chi connectivity index (χ0) is 10.4. The monoisotopic (exact) mass is 198 g/mol. The summed E-state index contributed by atoms with van der Waals surface area (Å²) in [5.41, 5.74) is 3.84. The molecule has 0 fully saturated rings. The molecule has 74 valence electrons. The number of aldehydes is 1. The van der Waals surface area contributed by atoms with Crippen LogP contribution in [0.1, 0.15) is 16.1 Å². The van der Waals surface area contributed by atoms with Crippen LogP contribution in [0.4, 0.5) is 0 Å². The van der Waals surface area contributed by atoms with Crippen molar-refractivity contribution in [2.45, 2.75) is 6.92 Å². The number of aromatic nitrogens is 2. The lowest BCUT2D eigenvalue weighted by Crippen LogP contribution is -1.77. The molecular formula is C12H10N2O. The summed E-state index contributed by atoms with van der Waals surface area (Å²) in [6.45, 7) is 2.06. The van der Waals surface area contributed by atoms with Gasteiger partial charge in [0.05, 0.1) is 5.69 Å². The van der Waals surface area contributed by atoms with E-state index in [4.69, 9.17) is 0 Å². The van der Waals surface area contributed by atoms with Gasteiger partial charge >= 0.3 is 0 Å². The Bertz CT molecular complexity index is 661. The molecule has 1 aromatic carbocycles. The standard InChI is InChI=1S/C12H10N2O/c1-7-2-3-11-9(4-7)10-5-8(6-15)13-12(10)14-11/h2-6,13-14H,1H3. The van der Waals surface area contributed by atoms with Crippen LogP contribution in [0.25, 0.3) is 21.9 Å². The summed E-state index contributed by atoms with van der Waals surface area (Å²) in [5, 5.41) is 2.24. The number of hydrogen-bond acceptors (Lipinski definition) is 1. The molecule has 0 saturated heterocycles. The van der Waals surface area contributed by atoms with Crippen LogP contribution >= 0.6 is 0 Å². The van der Waals surface area contributed by atoms with Gasteiger partial charge in [-0.05, 0) is 25.1 Å². The van der Waals surface area contributed by atoms with Gasteiger partial charge < -0.3 is 9.97 Å². The summed E-state index contributed by atoms with van der Waals surface area (Å²) in [6, 6.07) is 8.12. The molecule has 15 heavy (non-hydrogen) atoms. The maximum absolute atomic E-state index is 10.6. The Morgan fingerprint density at radius 1 is 1.13 bits per heavy atom. The van der Waals surface area contributed by atoms with Gasteiger partial charge in [0.2, 0.25) is 0 Å². The van der Waals surface area contributed by atoms with Gasteiger partial charge in [-0.15, -0.1) is 0 Å². The molecule has 3 aromatic rings. The zero-order valence-electron chi connectivity index (χ0n) is 8.29. The zero-order valence-corrected chi connectivity index (χ0v) is 8.29. The highest BCUT2D eigenvalue weighted by Crippen LogP contribution is 2.26. The van der Waals surface area contributed by atoms with Crippen molar-refractivity contribution in [2.75, 3.05) is 0 Å². The van der Waals surface area contributed by atoms with Crippen LogP contribution in [0.5, 0.6) is 0 Å². The lowest BCUT2D eigenvalue weighted by molar-refractivity contribution is 0.112. The molecule has 2 N–H and O–H groups in total. The van der Waals surface area contributed by atoms with Crippen molar-refractivity contribution in [3.8, 4) is 0 Å². The fourth-order valence-electron chi connectivity index (χ4n) is 1.97. The van der Waals surface area contributed by atoms with Gasteiger partial charge in [0, 0.05) is 16.3 Å². The van der Waals surface area contributed by atoms with E-state index in [1.165, 1.54) is 5.56 Å². The number of fused-ring (bicyclic) bond motifs is 3. The van der Waals surface area contributed by atoms with E-state index >= 15 is 0 Å². The van der Waals surface area contributed by atoms with E-state index < -0.39 is 0 Å². The third-order valence-corrected chi connectivity index (χ3v) is 2.69. The van der Waals surface area contributed by atoms with Crippen LogP contribution in [-0.2, 0) is 0 Å². The molecule has 0 amide bonds. The minimum atomic E-state index is 0.611. The van der Waals surface area contributed by atoms with Crippen LogP contribution in [0.15, 0.2) is 24.3 Å². The van der Waals surface area contributed by atoms with Crippen molar-refractivity contribution < 1.29 is 4.79 Å². The maximum atomic E-state index is 10.6. The van der Waals surface area contributed by atoms with Gasteiger partial charge in [-0.3, -0.25) is 4.79 Å². The normalized spacial score (nSPS) is 11.3. The second kappa shape index (κ2) is 2.73. The van der Waals surface area contributed by atoms with E-state index in [0.29, 0.717) is 5.69 Å². The first-order valence-electron chi connectivity index (χ1n) is 4.84. The highest BCUT2D eigenvalue weighted by Gasteiger charge is 2.07. The van der Waals surface area contributed by atoms with Crippen molar-refractivity contribution >= 4 is 28.2 Å².